The monoisotopic (exact) mass is 439 g/mol. The molecule has 1 aliphatic carbocycles. The highest BCUT2D eigenvalue weighted by Crippen LogP contribution is 2.53. The average molecular weight is 440 g/mol. The number of hydrogen-bond donors (Lipinski definition) is 0. The van der Waals surface area contributed by atoms with Gasteiger partial charge in [-0.3, -0.25) is 15.0 Å². The summed E-state index contributed by atoms with van der Waals surface area (Å²) in [5.74, 6) is -0.0643. The largest absolute Gasteiger partial charge is 0.443 e. The number of hydrogen-bond acceptors (Lipinski definition) is 7. The molecule has 3 atom stereocenters. The lowest BCUT2D eigenvalue weighted by Gasteiger charge is -2.38. The van der Waals surface area contributed by atoms with Crippen LogP contribution in [0.15, 0.2) is 23.2 Å². The number of fused-ring (bicyclic) bond motifs is 1. The number of amides is 1. The van der Waals surface area contributed by atoms with Crippen molar-refractivity contribution in [1.29, 1.82) is 0 Å². The predicted molar refractivity (Wildman–Crippen MR) is 112 cm³/mol. The normalized spacial score (nSPS) is 26.0. The van der Waals surface area contributed by atoms with Crippen molar-refractivity contribution < 1.29 is 23.6 Å². The van der Waals surface area contributed by atoms with E-state index >= 15 is 0 Å². The van der Waals surface area contributed by atoms with Crippen LogP contribution in [-0.4, -0.2) is 52.7 Å². The molecule has 1 amide bonds. The van der Waals surface area contributed by atoms with Crippen LogP contribution in [0.4, 0.5) is 14.9 Å². The number of aliphatic imine (C=N–C) groups is 1. The van der Waals surface area contributed by atoms with E-state index in [2.05, 4.69) is 0 Å². The van der Waals surface area contributed by atoms with E-state index in [1.165, 1.54) is 22.7 Å². The van der Waals surface area contributed by atoms with E-state index in [9.17, 15) is 19.3 Å². The molecule has 10 heteroatoms. The van der Waals surface area contributed by atoms with Crippen LogP contribution in [0.25, 0.3) is 0 Å². The standard InChI is InChI=1S/C20H26FN3O5S/c1-19(2,3)29-18(25)23(4)17-22-20(10-14(28-5)8-12(20)11-30-17)15-9-13(24(26)27)6-7-16(15)21/h6-7,9,12,14H,8,10-11H2,1-5H3/t12-,14-,20-/m0/s1. The molecule has 2 aliphatic rings. The second-order valence-corrected chi connectivity index (χ2v) is 9.57. The van der Waals surface area contributed by atoms with Gasteiger partial charge in [-0.1, -0.05) is 11.8 Å². The number of ether oxygens (including phenoxy) is 2. The third-order valence-electron chi connectivity index (χ3n) is 5.39. The number of nitrogens with zero attached hydrogens (tertiary/aromatic N) is 3. The van der Waals surface area contributed by atoms with Crippen molar-refractivity contribution >= 4 is 28.7 Å². The van der Waals surface area contributed by atoms with Crippen molar-refractivity contribution in [3.63, 3.8) is 0 Å². The van der Waals surface area contributed by atoms with Gasteiger partial charge in [-0.25, -0.2) is 14.2 Å². The van der Waals surface area contributed by atoms with E-state index in [0.29, 0.717) is 23.8 Å². The number of amidine groups is 1. The van der Waals surface area contributed by atoms with E-state index < -0.39 is 28.0 Å². The molecule has 1 fully saturated rings. The Hall–Kier alpha value is -2.20. The molecule has 0 bridgehead atoms. The summed E-state index contributed by atoms with van der Waals surface area (Å²) >= 11 is 1.39. The Morgan fingerprint density at radius 2 is 2.13 bits per heavy atom. The molecule has 164 valence electrons. The number of halogens is 1. The third kappa shape index (κ3) is 4.29. The number of non-ortho nitro benzene ring substituents is 1. The van der Waals surface area contributed by atoms with Crippen LogP contribution in [0.1, 0.15) is 39.2 Å². The molecular weight excluding hydrogens is 413 g/mol. The second-order valence-electron chi connectivity index (χ2n) is 8.58. The number of methoxy groups -OCH3 is 1. The topological polar surface area (TPSA) is 94.3 Å². The molecule has 0 radical (unpaired) electrons. The molecule has 30 heavy (non-hydrogen) atoms. The lowest BCUT2D eigenvalue weighted by Crippen LogP contribution is -2.43. The summed E-state index contributed by atoms with van der Waals surface area (Å²) < 4.78 is 25.9. The first-order chi connectivity index (χ1) is 14.0. The summed E-state index contributed by atoms with van der Waals surface area (Å²) in [5, 5.41) is 11.7. The Morgan fingerprint density at radius 1 is 1.43 bits per heavy atom. The smallest absolute Gasteiger partial charge is 0.416 e. The Labute approximate surface area is 179 Å². The van der Waals surface area contributed by atoms with E-state index in [-0.39, 0.29) is 23.3 Å². The van der Waals surface area contributed by atoms with Gasteiger partial charge in [-0.2, -0.15) is 0 Å². The van der Waals surface area contributed by atoms with Crippen molar-refractivity contribution in [3.8, 4) is 0 Å². The van der Waals surface area contributed by atoms with Crippen LogP contribution < -0.4 is 0 Å². The molecule has 0 N–H and O–H groups in total. The summed E-state index contributed by atoms with van der Waals surface area (Å²) in [6.45, 7) is 5.31. The molecule has 0 aromatic heterocycles. The van der Waals surface area contributed by atoms with E-state index in [1.54, 1.807) is 34.9 Å². The number of carbonyl (C=O) groups is 1. The van der Waals surface area contributed by atoms with Crippen LogP contribution in [0.3, 0.4) is 0 Å². The van der Waals surface area contributed by atoms with Crippen molar-refractivity contribution in [3.05, 3.63) is 39.7 Å². The second kappa shape index (κ2) is 8.14. The number of benzene rings is 1. The van der Waals surface area contributed by atoms with Crippen LogP contribution in [-0.2, 0) is 15.0 Å². The highest BCUT2D eigenvalue weighted by atomic mass is 32.2. The fourth-order valence-electron chi connectivity index (χ4n) is 3.94. The molecule has 3 rings (SSSR count). The first kappa shape index (κ1) is 22.5. The van der Waals surface area contributed by atoms with Crippen molar-refractivity contribution in [2.75, 3.05) is 19.9 Å². The summed E-state index contributed by atoms with van der Waals surface area (Å²) in [7, 11) is 3.14. The maximum absolute atomic E-state index is 14.9. The number of thioether (sulfide) groups is 1. The molecule has 1 aromatic rings. The number of rotatable bonds is 3. The maximum atomic E-state index is 14.9. The van der Waals surface area contributed by atoms with Crippen LogP contribution >= 0.6 is 11.8 Å². The van der Waals surface area contributed by atoms with Crippen LogP contribution in [0, 0.1) is 21.8 Å². The zero-order valence-electron chi connectivity index (χ0n) is 17.7. The quantitative estimate of drug-likeness (QED) is 0.514. The van der Waals surface area contributed by atoms with E-state index in [4.69, 9.17) is 14.5 Å². The number of nitro groups is 1. The third-order valence-corrected chi connectivity index (χ3v) is 6.58. The minimum absolute atomic E-state index is 0.0836. The predicted octanol–water partition coefficient (Wildman–Crippen LogP) is 4.32. The van der Waals surface area contributed by atoms with Crippen LogP contribution in [0.5, 0.6) is 0 Å². The minimum atomic E-state index is -1.05. The fourth-order valence-corrected chi connectivity index (χ4v) is 5.20. The molecule has 0 spiro atoms. The molecule has 1 saturated carbocycles. The minimum Gasteiger partial charge on any atom is -0.443 e. The van der Waals surface area contributed by atoms with Gasteiger partial charge in [0.05, 0.1) is 16.6 Å². The highest BCUT2D eigenvalue weighted by Gasteiger charge is 2.53. The van der Waals surface area contributed by atoms with Gasteiger partial charge in [0.2, 0.25) is 0 Å². The zero-order valence-corrected chi connectivity index (χ0v) is 18.5. The van der Waals surface area contributed by atoms with Crippen LogP contribution in [0.2, 0.25) is 0 Å². The first-order valence-electron chi connectivity index (χ1n) is 9.63. The van der Waals surface area contributed by atoms with Crippen molar-refractivity contribution in [1.82, 2.24) is 4.90 Å². The lowest BCUT2D eigenvalue weighted by atomic mass is 9.81. The van der Waals surface area contributed by atoms with Crippen molar-refractivity contribution in [2.24, 2.45) is 10.9 Å². The summed E-state index contributed by atoms with van der Waals surface area (Å²) in [6.07, 6.45) is 0.296. The van der Waals surface area contributed by atoms with Gasteiger partial charge >= 0.3 is 6.09 Å². The summed E-state index contributed by atoms with van der Waals surface area (Å²) in [5.41, 5.74) is -1.76. The SMILES string of the molecule is CO[C@H]1C[C@H]2CSC(N(C)C(=O)OC(C)(C)C)=N[C@@]2(c2cc([N+](=O)[O-])ccc2F)C1. The lowest BCUT2D eigenvalue weighted by molar-refractivity contribution is -0.385. The Bertz CT molecular complexity index is 888. The number of carbonyl (C=O) groups excluding carboxylic acids is 1. The van der Waals surface area contributed by atoms with Gasteiger partial charge in [0, 0.05) is 49.9 Å². The highest BCUT2D eigenvalue weighted by molar-refractivity contribution is 8.13. The Kier molecular flexibility index (Phi) is 6.10. The molecule has 1 aromatic carbocycles. The first-order valence-corrected chi connectivity index (χ1v) is 10.6. The molecule has 1 heterocycles. The molecule has 0 saturated heterocycles. The molecule has 1 aliphatic heterocycles. The average Bonchev–Trinajstić information content (AvgIpc) is 3.05. The van der Waals surface area contributed by atoms with Gasteiger partial charge < -0.3 is 9.47 Å². The van der Waals surface area contributed by atoms with Gasteiger partial charge in [-0.15, -0.1) is 0 Å². The van der Waals surface area contributed by atoms with Gasteiger partial charge in [0.25, 0.3) is 5.69 Å². The Morgan fingerprint density at radius 3 is 2.73 bits per heavy atom. The molecular formula is C20H26FN3O5S. The molecule has 8 nitrogen and oxygen atoms in total. The van der Waals surface area contributed by atoms with Gasteiger partial charge in [0.1, 0.15) is 11.4 Å². The maximum Gasteiger partial charge on any atom is 0.416 e. The summed E-state index contributed by atoms with van der Waals surface area (Å²) in [4.78, 5) is 29.4. The number of nitro benzene ring substituents is 1. The van der Waals surface area contributed by atoms with Gasteiger partial charge in [0.15, 0.2) is 5.17 Å². The van der Waals surface area contributed by atoms with Gasteiger partial charge in [-0.05, 0) is 33.3 Å². The molecule has 0 unspecified atom stereocenters. The van der Waals surface area contributed by atoms with Crippen molar-refractivity contribution in [2.45, 2.75) is 50.9 Å². The fraction of sp³-hybridized carbons (Fsp3) is 0.600. The Balaban J connectivity index is 2.08. The summed E-state index contributed by atoms with van der Waals surface area (Å²) in [6, 6.07) is 3.50. The van der Waals surface area contributed by atoms with E-state index in [1.807, 2.05) is 0 Å². The zero-order chi connectivity index (χ0) is 22.3. The van der Waals surface area contributed by atoms with E-state index in [0.717, 1.165) is 12.1 Å².